The molecule has 1 N–H and O–H groups in total. The average Bonchev–Trinajstić information content (AvgIpc) is 3.43. The number of hydrogen-bond donors (Lipinski definition) is 1. The minimum Gasteiger partial charge on any atom is -0.379 e. The van der Waals surface area contributed by atoms with Gasteiger partial charge in [-0.2, -0.15) is 18.9 Å². The second kappa shape index (κ2) is 8.60. The van der Waals surface area contributed by atoms with E-state index in [4.69, 9.17) is 4.74 Å². The molecule has 3 aromatic heterocycles. The van der Waals surface area contributed by atoms with Crippen molar-refractivity contribution in [1.29, 1.82) is 0 Å². The van der Waals surface area contributed by atoms with Crippen LogP contribution in [0.2, 0.25) is 0 Å². The van der Waals surface area contributed by atoms with Gasteiger partial charge in [0.2, 0.25) is 5.95 Å². The molecule has 4 heterocycles. The highest BCUT2D eigenvalue weighted by molar-refractivity contribution is 5.78. The van der Waals surface area contributed by atoms with Crippen LogP contribution in [-0.4, -0.2) is 55.6 Å². The highest BCUT2D eigenvalue weighted by atomic mass is 19.3. The standard InChI is InChI=1S/C21H20F3N7O/c22-18-10-14(3-4-15(18)12-29-6-8-32-9-7-29)17-2-1-5-30-19(17)27-21(28-30)26-16-11-25-31(13-16)20(23)24/h1-5,10-11,13,20H,6-9,12H2,(H,26,28). The Morgan fingerprint density at radius 3 is 2.75 bits per heavy atom. The highest BCUT2D eigenvalue weighted by Gasteiger charge is 2.16. The van der Waals surface area contributed by atoms with E-state index in [2.05, 4.69) is 25.4 Å². The zero-order valence-corrected chi connectivity index (χ0v) is 17.0. The lowest BCUT2D eigenvalue weighted by atomic mass is 10.0. The SMILES string of the molecule is Fc1cc(-c2cccn3nc(Nc4cnn(C(F)F)c4)nc23)ccc1CN1CCOCC1. The van der Waals surface area contributed by atoms with Crippen LogP contribution in [-0.2, 0) is 11.3 Å². The van der Waals surface area contributed by atoms with Crippen molar-refractivity contribution in [3.8, 4) is 11.1 Å². The van der Waals surface area contributed by atoms with Crippen LogP contribution < -0.4 is 5.32 Å². The predicted molar refractivity (Wildman–Crippen MR) is 111 cm³/mol. The Morgan fingerprint density at radius 2 is 2.00 bits per heavy atom. The number of fused-ring (bicyclic) bond motifs is 1. The van der Waals surface area contributed by atoms with Crippen LogP contribution >= 0.6 is 0 Å². The molecule has 0 bridgehead atoms. The van der Waals surface area contributed by atoms with Gasteiger partial charge in [0, 0.05) is 37.0 Å². The second-order valence-corrected chi connectivity index (χ2v) is 7.43. The molecule has 0 radical (unpaired) electrons. The molecule has 166 valence electrons. The van der Waals surface area contributed by atoms with Gasteiger partial charge in [0.1, 0.15) is 5.82 Å². The molecule has 8 nitrogen and oxygen atoms in total. The van der Waals surface area contributed by atoms with Crippen molar-refractivity contribution in [1.82, 2.24) is 29.3 Å². The number of benzene rings is 1. The summed E-state index contributed by atoms with van der Waals surface area (Å²) >= 11 is 0. The van der Waals surface area contributed by atoms with Crippen molar-refractivity contribution >= 4 is 17.3 Å². The maximum atomic E-state index is 14.9. The summed E-state index contributed by atoms with van der Waals surface area (Å²) in [7, 11) is 0. The minimum absolute atomic E-state index is 0.218. The summed E-state index contributed by atoms with van der Waals surface area (Å²) in [6, 6.07) is 8.77. The van der Waals surface area contributed by atoms with Crippen molar-refractivity contribution in [2.75, 3.05) is 31.6 Å². The fourth-order valence-corrected chi connectivity index (χ4v) is 3.67. The zero-order valence-electron chi connectivity index (χ0n) is 17.0. The number of ether oxygens (including phenoxy) is 1. The summed E-state index contributed by atoms with van der Waals surface area (Å²) in [5.41, 5.74) is 2.84. The molecule has 0 amide bonds. The molecular weight excluding hydrogens is 423 g/mol. The third-order valence-corrected chi connectivity index (χ3v) is 5.28. The van der Waals surface area contributed by atoms with Crippen LogP contribution in [0.3, 0.4) is 0 Å². The number of halogens is 3. The Morgan fingerprint density at radius 1 is 1.16 bits per heavy atom. The summed E-state index contributed by atoms with van der Waals surface area (Å²) in [5.74, 6) is -0.0658. The van der Waals surface area contributed by atoms with E-state index in [0.29, 0.717) is 52.5 Å². The van der Waals surface area contributed by atoms with Crippen molar-refractivity contribution in [3.05, 3.63) is 60.3 Å². The third kappa shape index (κ3) is 4.16. The number of morpholine rings is 1. The maximum absolute atomic E-state index is 14.9. The second-order valence-electron chi connectivity index (χ2n) is 7.43. The molecule has 32 heavy (non-hydrogen) atoms. The van der Waals surface area contributed by atoms with Crippen LogP contribution in [0.1, 0.15) is 12.1 Å². The van der Waals surface area contributed by atoms with Crippen molar-refractivity contribution in [2.45, 2.75) is 13.1 Å². The van der Waals surface area contributed by atoms with Gasteiger partial charge in [0.15, 0.2) is 5.65 Å². The fraction of sp³-hybridized carbons (Fsp3) is 0.286. The van der Waals surface area contributed by atoms with Gasteiger partial charge < -0.3 is 10.1 Å². The molecule has 1 aliphatic rings. The zero-order chi connectivity index (χ0) is 22.1. The van der Waals surface area contributed by atoms with Crippen molar-refractivity contribution in [3.63, 3.8) is 0 Å². The van der Waals surface area contributed by atoms with Gasteiger partial charge in [-0.05, 0) is 23.8 Å². The summed E-state index contributed by atoms with van der Waals surface area (Å²) < 4.78 is 47.7. The molecule has 1 saturated heterocycles. The molecule has 0 atom stereocenters. The van der Waals surface area contributed by atoms with Gasteiger partial charge in [-0.15, -0.1) is 5.10 Å². The van der Waals surface area contributed by atoms with Crippen LogP contribution in [0.15, 0.2) is 48.9 Å². The Hall–Kier alpha value is -3.44. The topological polar surface area (TPSA) is 72.5 Å². The van der Waals surface area contributed by atoms with E-state index in [1.165, 1.54) is 18.5 Å². The first-order chi connectivity index (χ1) is 15.6. The Labute approximate surface area is 181 Å². The summed E-state index contributed by atoms with van der Waals surface area (Å²) in [4.78, 5) is 6.62. The molecule has 11 heteroatoms. The number of alkyl halides is 2. The first-order valence-corrected chi connectivity index (χ1v) is 10.1. The van der Waals surface area contributed by atoms with E-state index in [-0.39, 0.29) is 11.8 Å². The smallest absolute Gasteiger partial charge is 0.333 e. The normalized spacial score (nSPS) is 15.0. The van der Waals surface area contributed by atoms with Gasteiger partial charge in [-0.25, -0.2) is 13.6 Å². The summed E-state index contributed by atoms with van der Waals surface area (Å²) in [6.07, 6.45) is 4.14. The lowest BCUT2D eigenvalue weighted by molar-refractivity contribution is 0.0337. The highest BCUT2D eigenvalue weighted by Crippen LogP contribution is 2.27. The molecule has 1 fully saturated rings. The quantitative estimate of drug-likeness (QED) is 0.490. The predicted octanol–water partition coefficient (Wildman–Crippen LogP) is 3.70. The molecule has 0 saturated carbocycles. The molecule has 0 spiro atoms. The average molecular weight is 443 g/mol. The van der Waals surface area contributed by atoms with E-state index >= 15 is 0 Å². The van der Waals surface area contributed by atoms with Gasteiger partial charge in [-0.1, -0.05) is 12.1 Å². The number of pyridine rings is 1. The lowest BCUT2D eigenvalue weighted by Crippen LogP contribution is -2.35. The van der Waals surface area contributed by atoms with Gasteiger partial charge in [-0.3, -0.25) is 4.90 Å². The van der Waals surface area contributed by atoms with Crippen molar-refractivity contribution in [2.24, 2.45) is 0 Å². The molecule has 1 aromatic carbocycles. The van der Waals surface area contributed by atoms with Crippen LogP contribution in [0, 0.1) is 5.82 Å². The van der Waals surface area contributed by atoms with E-state index in [1.54, 1.807) is 22.8 Å². The van der Waals surface area contributed by atoms with Crippen LogP contribution in [0.5, 0.6) is 0 Å². The van der Waals surface area contributed by atoms with Crippen LogP contribution in [0.25, 0.3) is 16.8 Å². The van der Waals surface area contributed by atoms with E-state index in [0.717, 1.165) is 13.1 Å². The summed E-state index contributed by atoms with van der Waals surface area (Å²) in [5, 5.41) is 10.8. The van der Waals surface area contributed by atoms with Gasteiger partial charge in [0.25, 0.3) is 0 Å². The molecule has 5 rings (SSSR count). The number of nitrogens with zero attached hydrogens (tertiary/aromatic N) is 6. The maximum Gasteiger partial charge on any atom is 0.333 e. The fourth-order valence-electron chi connectivity index (χ4n) is 3.67. The van der Waals surface area contributed by atoms with Crippen molar-refractivity contribution < 1.29 is 17.9 Å². The van der Waals surface area contributed by atoms with E-state index < -0.39 is 6.55 Å². The largest absolute Gasteiger partial charge is 0.379 e. The van der Waals surface area contributed by atoms with E-state index in [9.17, 15) is 13.2 Å². The lowest BCUT2D eigenvalue weighted by Gasteiger charge is -2.26. The first kappa shape index (κ1) is 20.5. The minimum atomic E-state index is -2.73. The van der Waals surface area contributed by atoms with Gasteiger partial charge >= 0.3 is 6.55 Å². The third-order valence-electron chi connectivity index (χ3n) is 5.28. The van der Waals surface area contributed by atoms with Crippen LogP contribution in [0.4, 0.5) is 24.8 Å². The monoisotopic (exact) mass is 443 g/mol. The van der Waals surface area contributed by atoms with Gasteiger partial charge in [0.05, 0.1) is 31.3 Å². The number of anilines is 2. The number of rotatable bonds is 6. The number of hydrogen-bond acceptors (Lipinski definition) is 6. The molecule has 0 unspecified atom stereocenters. The number of nitrogens with one attached hydrogen (secondary N) is 1. The number of aromatic nitrogens is 5. The van der Waals surface area contributed by atoms with E-state index in [1.807, 2.05) is 12.1 Å². The molecule has 4 aromatic rings. The molecular formula is C21H20F3N7O. The first-order valence-electron chi connectivity index (χ1n) is 10.1. The Bertz CT molecular complexity index is 1230. The molecule has 0 aliphatic carbocycles. The Balaban J connectivity index is 1.40. The Kier molecular flexibility index (Phi) is 5.50. The molecule has 1 aliphatic heterocycles. The summed E-state index contributed by atoms with van der Waals surface area (Å²) in [6.45, 7) is 0.692.